The highest BCUT2D eigenvalue weighted by Crippen LogP contribution is 2.37. The Morgan fingerprint density at radius 1 is 1.00 bits per heavy atom. The fourth-order valence-electron chi connectivity index (χ4n) is 5.68. The molecule has 0 aromatic heterocycles. The lowest BCUT2D eigenvalue weighted by atomic mass is 9.92. The molecular weight excluding hydrogens is 639 g/mol. The van der Waals surface area contributed by atoms with Gasteiger partial charge in [-0.3, -0.25) is 9.32 Å². The fraction of sp³-hybridized carbons (Fsp3) is 0.559. The summed E-state index contributed by atoms with van der Waals surface area (Å²) < 4.78 is 26.0. The monoisotopic (exact) mass is 690 g/mol. The average molecular weight is 691 g/mol. The number of phosphoric ester groups is 1. The molecule has 3 amide bonds. The number of carbonyl (C=O) groups is 3. The molecule has 0 spiro atoms. The average Bonchev–Trinajstić information content (AvgIpc) is 3.48. The van der Waals surface area contributed by atoms with Gasteiger partial charge in [0.05, 0.1) is 30.4 Å². The Labute approximate surface area is 283 Å². The summed E-state index contributed by atoms with van der Waals surface area (Å²) >= 11 is 0. The minimum Gasteiger partial charge on any atom is -0.428 e. The second-order valence-corrected chi connectivity index (χ2v) is 14.3. The maximum Gasteiger partial charge on any atom is 0.469 e. The number of hydrogen-bond donors (Lipinski definition) is 4. The van der Waals surface area contributed by atoms with E-state index in [2.05, 4.69) is 47.8 Å². The zero-order valence-electron chi connectivity index (χ0n) is 28.8. The number of anilines is 3. The molecule has 3 rings (SSSR count). The zero-order valence-corrected chi connectivity index (χ0v) is 29.7. The maximum absolute atomic E-state index is 13.2. The second kappa shape index (κ2) is 18.2. The van der Waals surface area contributed by atoms with Crippen molar-refractivity contribution < 1.29 is 42.7 Å². The van der Waals surface area contributed by atoms with Crippen LogP contribution in [-0.2, 0) is 23.4 Å². The first-order valence-corrected chi connectivity index (χ1v) is 18.0. The van der Waals surface area contributed by atoms with Gasteiger partial charge >= 0.3 is 25.9 Å². The van der Waals surface area contributed by atoms with Crippen molar-refractivity contribution in [1.82, 2.24) is 4.90 Å². The molecule has 13 nitrogen and oxygen atoms in total. The second-order valence-electron chi connectivity index (χ2n) is 13.0. The van der Waals surface area contributed by atoms with Crippen LogP contribution in [0.25, 0.3) is 0 Å². The summed E-state index contributed by atoms with van der Waals surface area (Å²) in [6, 6.07) is 12.5. The van der Waals surface area contributed by atoms with E-state index in [1.165, 1.54) is 4.90 Å². The van der Waals surface area contributed by atoms with Gasteiger partial charge in [-0.05, 0) is 73.8 Å². The van der Waals surface area contributed by atoms with Crippen LogP contribution in [-0.4, -0.2) is 71.9 Å². The molecule has 0 aliphatic carbocycles. The van der Waals surface area contributed by atoms with Gasteiger partial charge in [0.25, 0.3) is 0 Å². The van der Waals surface area contributed by atoms with E-state index in [9.17, 15) is 18.9 Å². The van der Waals surface area contributed by atoms with E-state index in [0.29, 0.717) is 49.0 Å². The largest absolute Gasteiger partial charge is 0.469 e. The first-order valence-electron chi connectivity index (χ1n) is 16.5. The molecule has 0 radical (unpaired) electrons. The van der Waals surface area contributed by atoms with Gasteiger partial charge in [-0.25, -0.2) is 14.2 Å². The summed E-state index contributed by atoms with van der Waals surface area (Å²) in [6.07, 6.45) is 1.00. The zero-order chi connectivity index (χ0) is 35.4. The van der Waals surface area contributed by atoms with Crippen LogP contribution in [0, 0.1) is 18.8 Å². The molecule has 4 N–H and O–H groups in total. The molecule has 1 aliphatic rings. The number of nitrogens with zero attached hydrogens (tertiary/aromatic N) is 2. The van der Waals surface area contributed by atoms with Crippen molar-refractivity contribution in [3.8, 4) is 0 Å². The molecule has 0 saturated carbocycles. The Bertz CT molecular complexity index is 1400. The highest BCUT2D eigenvalue weighted by Gasteiger charge is 2.32. The maximum atomic E-state index is 13.2. The molecular formula is C34H51N4O9P. The molecule has 14 heteroatoms. The number of aryl methyl sites for hydroxylation is 1. The van der Waals surface area contributed by atoms with E-state index in [1.54, 1.807) is 0 Å². The van der Waals surface area contributed by atoms with Crippen molar-refractivity contribution >= 4 is 43.0 Å². The molecule has 2 aromatic carbocycles. The minimum absolute atomic E-state index is 0.0204. The molecule has 0 bridgehead atoms. The highest BCUT2D eigenvalue weighted by atomic mass is 31.2. The van der Waals surface area contributed by atoms with Crippen molar-refractivity contribution in [2.24, 2.45) is 11.8 Å². The number of benzene rings is 2. The number of rotatable bonds is 16. The standard InChI is InChI=1S/C34H51N4O9P/c1-7-26(18-32(39)45-22-46-34(41)38-16-8-9-29(38)21-47-48(42,43)44)27-12-15-31(37(19-23(2)3)20-24(4)5)30(17-27)36-33(40)35-28-13-10-25(6)11-14-28/h10-15,17,23-24,26,29H,7-9,16,18-22H2,1-6H3,(H2,35,36,40)(H2,42,43,44)/t26-,29?/m0/s1. The number of carbonyl (C=O) groups excluding carboxylic acids is 3. The third-order valence-electron chi connectivity index (χ3n) is 7.92. The van der Waals surface area contributed by atoms with Crippen LogP contribution in [0.15, 0.2) is 42.5 Å². The van der Waals surface area contributed by atoms with Gasteiger partial charge < -0.3 is 39.7 Å². The van der Waals surface area contributed by atoms with E-state index < -0.39 is 32.7 Å². The molecule has 48 heavy (non-hydrogen) atoms. The summed E-state index contributed by atoms with van der Waals surface area (Å²) in [5.74, 6) is -0.0302. The third-order valence-corrected chi connectivity index (χ3v) is 8.40. The number of likely N-dealkylation sites (tertiary alicyclic amines) is 1. The van der Waals surface area contributed by atoms with Gasteiger partial charge in [-0.2, -0.15) is 0 Å². The molecule has 1 aliphatic heterocycles. The number of phosphoric acid groups is 1. The molecule has 1 fully saturated rings. The molecule has 1 unspecified atom stereocenters. The molecule has 266 valence electrons. The summed E-state index contributed by atoms with van der Waals surface area (Å²) in [6.45, 7) is 13.5. The topological polar surface area (TPSA) is 167 Å². The first-order chi connectivity index (χ1) is 22.6. The van der Waals surface area contributed by atoms with Crippen LogP contribution in [0.4, 0.5) is 26.7 Å². The molecule has 2 atom stereocenters. The SMILES string of the molecule is CC[C@@H](CC(=O)OCOC(=O)N1CCCC1COP(=O)(O)O)c1ccc(N(CC(C)C)CC(C)C)c(NC(=O)Nc2ccc(C)cc2)c1. The minimum atomic E-state index is -4.67. The van der Waals surface area contributed by atoms with Gasteiger partial charge in [0, 0.05) is 25.3 Å². The van der Waals surface area contributed by atoms with Gasteiger partial charge in [0.15, 0.2) is 0 Å². The van der Waals surface area contributed by atoms with Crippen molar-refractivity contribution in [3.05, 3.63) is 53.6 Å². The van der Waals surface area contributed by atoms with E-state index in [0.717, 1.165) is 29.9 Å². The normalized spacial score (nSPS) is 15.4. The predicted octanol–water partition coefficient (Wildman–Crippen LogP) is 6.85. The number of amides is 3. The van der Waals surface area contributed by atoms with Gasteiger partial charge in [0.1, 0.15) is 0 Å². The number of hydrogen-bond acceptors (Lipinski definition) is 8. The van der Waals surface area contributed by atoms with Crippen LogP contribution in [0.3, 0.4) is 0 Å². The van der Waals surface area contributed by atoms with Crippen LogP contribution >= 0.6 is 7.82 Å². The summed E-state index contributed by atoms with van der Waals surface area (Å²) in [4.78, 5) is 60.1. The quantitative estimate of drug-likeness (QED) is 0.0831. The lowest BCUT2D eigenvalue weighted by molar-refractivity contribution is -0.153. The lowest BCUT2D eigenvalue weighted by Gasteiger charge is -2.31. The first kappa shape index (κ1) is 38.8. The number of urea groups is 1. The Hall–Kier alpha value is -3.64. The van der Waals surface area contributed by atoms with E-state index in [4.69, 9.17) is 19.3 Å². The van der Waals surface area contributed by atoms with Crippen molar-refractivity contribution in [3.63, 3.8) is 0 Å². The van der Waals surface area contributed by atoms with Crippen molar-refractivity contribution in [2.45, 2.75) is 79.2 Å². The van der Waals surface area contributed by atoms with E-state index in [-0.39, 0.29) is 25.0 Å². The Kier molecular flexibility index (Phi) is 14.7. The number of ether oxygens (including phenoxy) is 2. The molecule has 1 saturated heterocycles. The van der Waals surface area contributed by atoms with Crippen molar-refractivity contribution in [1.29, 1.82) is 0 Å². The lowest BCUT2D eigenvalue weighted by Crippen LogP contribution is -2.38. The summed E-state index contributed by atoms with van der Waals surface area (Å²) in [5, 5.41) is 5.94. The predicted molar refractivity (Wildman–Crippen MR) is 185 cm³/mol. The van der Waals surface area contributed by atoms with Crippen LogP contribution in [0.5, 0.6) is 0 Å². The highest BCUT2D eigenvalue weighted by molar-refractivity contribution is 7.46. The number of nitrogens with one attached hydrogen (secondary N) is 2. The Morgan fingerprint density at radius 3 is 2.27 bits per heavy atom. The van der Waals surface area contributed by atoms with Crippen molar-refractivity contribution in [2.75, 3.05) is 48.6 Å². The fourth-order valence-corrected chi connectivity index (χ4v) is 6.04. The van der Waals surface area contributed by atoms with Crippen LogP contribution in [0.2, 0.25) is 0 Å². The van der Waals surface area contributed by atoms with E-state index >= 15 is 0 Å². The smallest absolute Gasteiger partial charge is 0.428 e. The summed E-state index contributed by atoms with van der Waals surface area (Å²) in [5.41, 5.74) is 4.11. The Morgan fingerprint density at radius 2 is 1.67 bits per heavy atom. The Balaban J connectivity index is 1.70. The summed E-state index contributed by atoms with van der Waals surface area (Å²) in [7, 11) is -4.67. The van der Waals surface area contributed by atoms with Gasteiger partial charge in [-0.15, -0.1) is 0 Å². The molecule has 2 aromatic rings. The van der Waals surface area contributed by atoms with E-state index in [1.807, 2.05) is 56.3 Å². The van der Waals surface area contributed by atoms with Gasteiger partial charge in [-0.1, -0.05) is 58.4 Å². The third kappa shape index (κ3) is 12.8. The van der Waals surface area contributed by atoms with Crippen LogP contribution in [0.1, 0.15) is 77.3 Å². The number of esters is 1. The van der Waals surface area contributed by atoms with Gasteiger partial charge in [0.2, 0.25) is 6.79 Å². The van der Waals surface area contributed by atoms with Crippen LogP contribution < -0.4 is 15.5 Å². The molecule has 1 heterocycles.